The maximum atomic E-state index is 13.3. The van der Waals surface area contributed by atoms with Crippen molar-refractivity contribution in [3.8, 4) is 0 Å². The van der Waals surface area contributed by atoms with Gasteiger partial charge in [-0.15, -0.1) is 0 Å². The molecule has 0 saturated carbocycles. The zero-order valence-corrected chi connectivity index (χ0v) is 19.1. The lowest BCUT2D eigenvalue weighted by atomic mass is 10.2. The Kier molecular flexibility index (Phi) is 6.59. The van der Waals surface area contributed by atoms with Crippen LogP contribution in [0.2, 0.25) is 0 Å². The Balaban J connectivity index is 1.93. The molecule has 0 aliphatic heterocycles. The lowest BCUT2D eigenvalue weighted by Crippen LogP contribution is -2.38. The highest BCUT2D eigenvalue weighted by molar-refractivity contribution is 14.1. The van der Waals surface area contributed by atoms with E-state index in [2.05, 4.69) is 27.9 Å². The van der Waals surface area contributed by atoms with E-state index in [0.29, 0.717) is 11.4 Å². The fourth-order valence-corrected chi connectivity index (χ4v) is 4.92. The van der Waals surface area contributed by atoms with Gasteiger partial charge in [-0.2, -0.15) is 0 Å². The van der Waals surface area contributed by atoms with Gasteiger partial charge in [0.05, 0.1) is 10.6 Å². The van der Waals surface area contributed by atoms with E-state index in [0.717, 1.165) is 19.0 Å². The highest BCUT2D eigenvalue weighted by Gasteiger charge is 2.27. The van der Waals surface area contributed by atoms with Crippen molar-refractivity contribution in [2.24, 2.45) is 0 Å². The molecule has 3 rings (SSSR count). The predicted molar refractivity (Wildman–Crippen MR) is 125 cm³/mol. The fraction of sp³-hybridized carbons (Fsp3) is 0.136. The summed E-state index contributed by atoms with van der Waals surface area (Å²) in [5, 5.41) is 2.82. The molecule has 1 amide bonds. The van der Waals surface area contributed by atoms with Crippen LogP contribution in [-0.2, 0) is 14.8 Å². The Labute approximate surface area is 184 Å². The first-order valence-corrected chi connectivity index (χ1v) is 11.5. The summed E-state index contributed by atoms with van der Waals surface area (Å²) in [6, 6.07) is 20.8. The maximum Gasteiger partial charge on any atom is 0.264 e. The molecule has 0 atom stereocenters. The van der Waals surface area contributed by atoms with Crippen molar-refractivity contribution >= 4 is 49.9 Å². The second-order valence-electron chi connectivity index (χ2n) is 6.67. The zero-order chi connectivity index (χ0) is 21.0. The molecule has 150 valence electrons. The molecule has 0 aliphatic carbocycles. The first-order valence-electron chi connectivity index (χ1n) is 8.98. The third kappa shape index (κ3) is 5.16. The van der Waals surface area contributed by atoms with E-state index in [1.807, 2.05) is 44.2 Å². The third-order valence-electron chi connectivity index (χ3n) is 4.40. The summed E-state index contributed by atoms with van der Waals surface area (Å²) in [4.78, 5) is 12.9. The number of hydrogen-bond donors (Lipinski definition) is 1. The van der Waals surface area contributed by atoms with E-state index in [-0.39, 0.29) is 11.4 Å². The topological polar surface area (TPSA) is 66.5 Å². The predicted octanol–water partition coefficient (Wildman–Crippen LogP) is 4.74. The Bertz CT molecular complexity index is 1110. The Hall–Kier alpha value is -2.39. The van der Waals surface area contributed by atoms with E-state index < -0.39 is 15.9 Å². The van der Waals surface area contributed by atoms with E-state index in [1.54, 1.807) is 30.3 Å². The number of benzene rings is 3. The summed E-state index contributed by atoms with van der Waals surface area (Å²) in [6.45, 7) is 3.49. The average molecular weight is 520 g/mol. The van der Waals surface area contributed by atoms with Gasteiger partial charge >= 0.3 is 0 Å². The molecule has 1 N–H and O–H groups in total. The second kappa shape index (κ2) is 8.96. The van der Waals surface area contributed by atoms with Crippen molar-refractivity contribution < 1.29 is 13.2 Å². The molecule has 0 heterocycles. The number of aryl methyl sites for hydroxylation is 2. The minimum Gasteiger partial charge on any atom is -0.324 e. The standard InChI is InChI=1S/C22H21IN2O3S/c1-16-8-11-19(12-9-16)25(29(27,28)20-6-4-3-5-7-20)15-22(26)24-21-13-10-18(23)14-17(21)2/h3-14H,15H2,1-2H3,(H,24,26). The number of amides is 1. The molecule has 0 aliphatic rings. The van der Waals surface area contributed by atoms with Gasteiger partial charge in [0.25, 0.3) is 10.0 Å². The van der Waals surface area contributed by atoms with E-state index >= 15 is 0 Å². The largest absolute Gasteiger partial charge is 0.324 e. The van der Waals surface area contributed by atoms with Crippen LogP contribution >= 0.6 is 22.6 Å². The first kappa shape index (κ1) is 21.3. The van der Waals surface area contributed by atoms with Crippen LogP contribution in [0.4, 0.5) is 11.4 Å². The Morgan fingerprint density at radius 2 is 1.62 bits per heavy atom. The molecule has 0 fully saturated rings. The Morgan fingerprint density at radius 1 is 0.966 bits per heavy atom. The van der Waals surface area contributed by atoms with Crippen LogP contribution in [0.1, 0.15) is 11.1 Å². The van der Waals surface area contributed by atoms with Gasteiger partial charge in [0.15, 0.2) is 0 Å². The van der Waals surface area contributed by atoms with Crippen LogP contribution in [-0.4, -0.2) is 20.9 Å². The van der Waals surface area contributed by atoms with Gasteiger partial charge in [-0.1, -0.05) is 35.9 Å². The number of anilines is 2. The van der Waals surface area contributed by atoms with Gasteiger partial charge in [-0.3, -0.25) is 9.10 Å². The molecule has 29 heavy (non-hydrogen) atoms. The molecule has 0 saturated heterocycles. The normalized spacial score (nSPS) is 11.1. The lowest BCUT2D eigenvalue weighted by Gasteiger charge is -2.24. The van der Waals surface area contributed by atoms with E-state index in [1.165, 1.54) is 12.1 Å². The van der Waals surface area contributed by atoms with Crippen molar-refractivity contribution in [3.05, 3.63) is 87.5 Å². The number of halogens is 1. The van der Waals surface area contributed by atoms with E-state index in [9.17, 15) is 13.2 Å². The number of rotatable bonds is 6. The third-order valence-corrected chi connectivity index (χ3v) is 6.86. The summed E-state index contributed by atoms with van der Waals surface area (Å²) in [6.07, 6.45) is 0. The van der Waals surface area contributed by atoms with E-state index in [4.69, 9.17) is 0 Å². The highest BCUT2D eigenvalue weighted by atomic mass is 127. The van der Waals surface area contributed by atoms with Crippen molar-refractivity contribution in [2.45, 2.75) is 18.7 Å². The highest BCUT2D eigenvalue weighted by Crippen LogP contribution is 2.24. The zero-order valence-electron chi connectivity index (χ0n) is 16.1. The van der Waals surface area contributed by atoms with Gasteiger partial charge in [0, 0.05) is 9.26 Å². The van der Waals surface area contributed by atoms with Gasteiger partial charge in [0.2, 0.25) is 5.91 Å². The quantitative estimate of drug-likeness (QED) is 0.478. The lowest BCUT2D eigenvalue weighted by molar-refractivity contribution is -0.114. The molecule has 0 bridgehead atoms. The molecule has 0 aromatic heterocycles. The minimum absolute atomic E-state index is 0.138. The smallest absolute Gasteiger partial charge is 0.264 e. The molecule has 0 unspecified atom stereocenters. The van der Waals surface area contributed by atoms with Crippen molar-refractivity contribution in [3.63, 3.8) is 0 Å². The van der Waals surface area contributed by atoms with Crippen molar-refractivity contribution in [1.82, 2.24) is 0 Å². The molecule has 7 heteroatoms. The van der Waals surface area contributed by atoms with Gasteiger partial charge in [0.1, 0.15) is 6.54 Å². The Morgan fingerprint density at radius 3 is 2.24 bits per heavy atom. The fourth-order valence-electron chi connectivity index (χ4n) is 2.83. The summed E-state index contributed by atoms with van der Waals surface area (Å²) in [7, 11) is -3.90. The molecular weight excluding hydrogens is 499 g/mol. The average Bonchev–Trinajstić information content (AvgIpc) is 2.70. The van der Waals surface area contributed by atoms with Crippen molar-refractivity contribution in [1.29, 1.82) is 0 Å². The summed E-state index contributed by atoms with van der Waals surface area (Å²) < 4.78 is 28.7. The van der Waals surface area contributed by atoms with Gasteiger partial charge in [-0.25, -0.2) is 8.42 Å². The molecule has 5 nitrogen and oxygen atoms in total. The summed E-state index contributed by atoms with van der Waals surface area (Å²) in [5.41, 5.74) is 3.02. The first-order chi connectivity index (χ1) is 13.8. The SMILES string of the molecule is Cc1ccc(N(CC(=O)Nc2ccc(I)cc2C)S(=O)(=O)c2ccccc2)cc1. The molecular formula is C22H21IN2O3S. The number of carbonyl (C=O) groups is 1. The van der Waals surface area contributed by atoms with Crippen molar-refractivity contribution in [2.75, 3.05) is 16.2 Å². The number of hydrogen-bond acceptors (Lipinski definition) is 3. The molecule has 3 aromatic rings. The number of carbonyl (C=O) groups excluding carboxylic acids is 1. The minimum atomic E-state index is -3.90. The molecule has 3 aromatic carbocycles. The van der Waals surface area contributed by atoms with Gasteiger partial charge in [-0.05, 0) is 84.5 Å². The van der Waals surface area contributed by atoms with Crippen LogP contribution < -0.4 is 9.62 Å². The second-order valence-corrected chi connectivity index (χ2v) is 9.78. The van der Waals surface area contributed by atoms with Crippen LogP contribution in [0, 0.1) is 17.4 Å². The maximum absolute atomic E-state index is 13.3. The van der Waals surface area contributed by atoms with Crippen LogP contribution in [0.15, 0.2) is 77.7 Å². The molecule has 0 spiro atoms. The van der Waals surface area contributed by atoms with Crippen LogP contribution in [0.3, 0.4) is 0 Å². The van der Waals surface area contributed by atoms with Crippen LogP contribution in [0.5, 0.6) is 0 Å². The van der Waals surface area contributed by atoms with Crippen LogP contribution in [0.25, 0.3) is 0 Å². The number of sulfonamides is 1. The monoisotopic (exact) mass is 520 g/mol. The summed E-state index contributed by atoms with van der Waals surface area (Å²) >= 11 is 2.20. The molecule has 0 radical (unpaired) electrons. The number of nitrogens with one attached hydrogen (secondary N) is 1. The number of nitrogens with zero attached hydrogens (tertiary/aromatic N) is 1. The van der Waals surface area contributed by atoms with Gasteiger partial charge < -0.3 is 5.32 Å². The summed E-state index contributed by atoms with van der Waals surface area (Å²) in [5.74, 6) is -0.408.